The number of hydrogen-bond acceptors (Lipinski definition) is 4. The van der Waals surface area contributed by atoms with Crippen molar-refractivity contribution >= 4 is 11.0 Å². The molecule has 0 bridgehead atoms. The number of nitrogens with zero attached hydrogens (tertiary/aromatic N) is 3. The van der Waals surface area contributed by atoms with E-state index in [0.717, 1.165) is 10.6 Å². The summed E-state index contributed by atoms with van der Waals surface area (Å²) < 4.78 is 3.42. The molecule has 2 aromatic carbocycles. The molecule has 134 valence electrons. The molecule has 0 radical (unpaired) electrons. The quantitative estimate of drug-likeness (QED) is 0.587. The maximum absolute atomic E-state index is 13.3. The lowest BCUT2D eigenvalue weighted by Gasteiger charge is -2.16. The van der Waals surface area contributed by atoms with Crippen molar-refractivity contribution in [2.45, 2.75) is 0 Å². The van der Waals surface area contributed by atoms with Crippen molar-refractivity contribution in [1.82, 2.24) is 13.7 Å². The van der Waals surface area contributed by atoms with Crippen LogP contribution in [0.2, 0.25) is 0 Å². The van der Waals surface area contributed by atoms with Crippen molar-refractivity contribution in [3.8, 4) is 17.1 Å². The van der Waals surface area contributed by atoms with Gasteiger partial charge in [-0.25, -0.2) is 13.9 Å². The minimum absolute atomic E-state index is 0.0355. The smallest absolute Gasteiger partial charge is 0.341 e. The molecule has 7 heteroatoms. The summed E-state index contributed by atoms with van der Waals surface area (Å²) in [5.41, 5.74) is -0.980. The molecule has 1 N–H and O–H groups in total. The third-order valence-electron chi connectivity index (χ3n) is 4.43. The van der Waals surface area contributed by atoms with Gasteiger partial charge in [-0.15, -0.1) is 0 Å². The van der Waals surface area contributed by atoms with Gasteiger partial charge in [0.25, 0.3) is 11.1 Å². The highest BCUT2D eigenvalue weighted by atomic mass is 16.3. The Bertz CT molecular complexity index is 1330. The number of aromatic hydroxyl groups is 1. The van der Waals surface area contributed by atoms with E-state index in [0.29, 0.717) is 11.4 Å². The van der Waals surface area contributed by atoms with Gasteiger partial charge in [0.05, 0.1) is 11.4 Å². The molecule has 2 heterocycles. The lowest BCUT2D eigenvalue weighted by molar-refractivity contribution is 0.478. The summed E-state index contributed by atoms with van der Waals surface area (Å²) in [6.45, 7) is 0. The molecule has 7 nitrogen and oxygen atoms in total. The van der Waals surface area contributed by atoms with Crippen LogP contribution in [0.4, 0.5) is 0 Å². The highest BCUT2D eigenvalue weighted by molar-refractivity contribution is 5.83. The molecule has 4 rings (SSSR count). The molecule has 0 atom stereocenters. The summed E-state index contributed by atoms with van der Waals surface area (Å²) in [5.74, 6) is -0.465. The van der Waals surface area contributed by atoms with Gasteiger partial charge in [0.1, 0.15) is 16.8 Å². The normalized spacial score (nSPS) is 11.0. The molecule has 0 saturated heterocycles. The first-order valence-electron chi connectivity index (χ1n) is 8.22. The van der Waals surface area contributed by atoms with Crippen molar-refractivity contribution in [3.63, 3.8) is 0 Å². The molecule has 0 spiro atoms. The lowest BCUT2D eigenvalue weighted by Crippen LogP contribution is -2.40. The van der Waals surface area contributed by atoms with E-state index in [-0.39, 0.29) is 11.0 Å². The second-order valence-electron chi connectivity index (χ2n) is 6.06. The van der Waals surface area contributed by atoms with Crippen LogP contribution in [0.3, 0.4) is 0 Å². The van der Waals surface area contributed by atoms with Gasteiger partial charge in [0.15, 0.2) is 0 Å². The van der Waals surface area contributed by atoms with Gasteiger partial charge in [-0.1, -0.05) is 36.4 Å². The number of aromatic nitrogens is 3. The van der Waals surface area contributed by atoms with Crippen molar-refractivity contribution < 1.29 is 5.11 Å². The first-order valence-corrected chi connectivity index (χ1v) is 8.22. The Morgan fingerprint density at radius 3 is 1.85 bits per heavy atom. The largest absolute Gasteiger partial charge is 0.507 e. The van der Waals surface area contributed by atoms with Crippen LogP contribution in [0.15, 0.2) is 81.1 Å². The zero-order valence-corrected chi connectivity index (χ0v) is 14.4. The van der Waals surface area contributed by atoms with E-state index in [1.54, 1.807) is 60.7 Å². The molecular formula is C20H15N3O4. The van der Waals surface area contributed by atoms with Crippen LogP contribution in [0.1, 0.15) is 0 Å². The molecular weight excluding hydrogens is 346 g/mol. The van der Waals surface area contributed by atoms with Gasteiger partial charge in [0, 0.05) is 13.1 Å². The number of rotatable bonds is 2. The average Bonchev–Trinajstić information content (AvgIpc) is 2.67. The second kappa shape index (κ2) is 6.14. The summed E-state index contributed by atoms with van der Waals surface area (Å²) in [7, 11) is 1.45. The van der Waals surface area contributed by atoms with Crippen LogP contribution < -0.4 is 16.8 Å². The SMILES string of the molecule is Cn1c(=O)cc(O)c2c(=O)n(-c3ccccc3)c(=O)n(-c3ccccc3)c21. The Labute approximate surface area is 152 Å². The fourth-order valence-corrected chi connectivity index (χ4v) is 3.14. The number of hydrogen-bond donors (Lipinski definition) is 1. The van der Waals surface area contributed by atoms with Crippen LogP contribution in [-0.4, -0.2) is 18.8 Å². The van der Waals surface area contributed by atoms with Gasteiger partial charge in [-0.3, -0.25) is 14.2 Å². The predicted molar refractivity (Wildman–Crippen MR) is 102 cm³/mol. The lowest BCUT2D eigenvalue weighted by atomic mass is 10.2. The van der Waals surface area contributed by atoms with Crippen molar-refractivity contribution in [2.75, 3.05) is 0 Å². The zero-order chi connectivity index (χ0) is 19.1. The Balaban J connectivity index is 2.33. The maximum atomic E-state index is 13.3. The minimum atomic E-state index is -0.693. The Kier molecular flexibility index (Phi) is 3.77. The monoisotopic (exact) mass is 361 g/mol. The van der Waals surface area contributed by atoms with Crippen LogP contribution in [-0.2, 0) is 7.05 Å². The number of para-hydroxylation sites is 2. The fraction of sp³-hybridized carbons (Fsp3) is 0.0500. The Morgan fingerprint density at radius 2 is 1.30 bits per heavy atom. The molecule has 27 heavy (non-hydrogen) atoms. The van der Waals surface area contributed by atoms with E-state index in [1.807, 2.05) is 0 Å². The minimum Gasteiger partial charge on any atom is -0.507 e. The van der Waals surface area contributed by atoms with Gasteiger partial charge in [0.2, 0.25) is 0 Å². The number of pyridine rings is 1. The van der Waals surface area contributed by atoms with E-state index in [2.05, 4.69) is 0 Å². The molecule has 0 unspecified atom stereocenters. The maximum Gasteiger partial charge on any atom is 0.341 e. The average molecular weight is 361 g/mol. The first kappa shape index (κ1) is 16.6. The van der Waals surface area contributed by atoms with Crippen LogP contribution in [0.5, 0.6) is 5.75 Å². The van der Waals surface area contributed by atoms with E-state index in [1.165, 1.54) is 16.2 Å². The van der Waals surface area contributed by atoms with E-state index < -0.39 is 22.6 Å². The van der Waals surface area contributed by atoms with Crippen molar-refractivity contribution in [3.05, 3.63) is 97.9 Å². The van der Waals surface area contributed by atoms with Crippen molar-refractivity contribution in [2.24, 2.45) is 7.05 Å². The molecule has 0 saturated carbocycles. The van der Waals surface area contributed by atoms with Gasteiger partial charge < -0.3 is 5.11 Å². The van der Waals surface area contributed by atoms with Gasteiger partial charge in [-0.2, -0.15) is 0 Å². The third kappa shape index (κ3) is 2.48. The summed E-state index contributed by atoms with van der Waals surface area (Å²) in [6, 6.07) is 18.1. The Hall–Kier alpha value is -3.87. The predicted octanol–water partition coefficient (Wildman–Crippen LogP) is 1.55. The van der Waals surface area contributed by atoms with Gasteiger partial charge in [-0.05, 0) is 24.3 Å². The fourth-order valence-electron chi connectivity index (χ4n) is 3.14. The summed E-state index contributed by atoms with van der Waals surface area (Å²) in [6.07, 6.45) is 0. The summed E-state index contributed by atoms with van der Waals surface area (Å²) in [4.78, 5) is 38.6. The molecule has 0 amide bonds. The summed E-state index contributed by atoms with van der Waals surface area (Å²) in [5, 5.41) is 10.2. The van der Waals surface area contributed by atoms with Crippen LogP contribution in [0, 0.1) is 0 Å². The van der Waals surface area contributed by atoms with Crippen LogP contribution in [0.25, 0.3) is 22.4 Å². The van der Waals surface area contributed by atoms with E-state index in [4.69, 9.17) is 0 Å². The number of fused-ring (bicyclic) bond motifs is 1. The standard InChI is InChI=1S/C20H15N3O4/c1-21-16(25)12-15(24)17-18(21)22(13-8-4-2-5-9-13)20(27)23(19(17)26)14-10-6-3-7-11-14/h2-12,24H,1H3. The number of benzene rings is 2. The third-order valence-corrected chi connectivity index (χ3v) is 4.43. The molecule has 0 aliphatic carbocycles. The topological polar surface area (TPSA) is 86.2 Å². The van der Waals surface area contributed by atoms with Crippen molar-refractivity contribution in [1.29, 1.82) is 0 Å². The molecule has 0 aliphatic rings. The van der Waals surface area contributed by atoms with E-state index in [9.17, 15) is 19.5 Å². The first-order chi connectivity index (χ1) is 13.0. The zero-order valence-electron chi connectivity index (χ0n) is 14.4. The van der Waals surface area contributed by atoms with E-state index >= 15 is 0 Å². The summed E-state index contributed by atoms with van der Waals surface area (Å²) >= 11 is 0. The second-order valence-corrected chi connectivity index (χ2v) is 6.06. The molecule has 0 aliphatic heterocycles. The Morgan fingerprint density at radius 1 is 0.778 bits per heavy atom. The molecule has 4 aromatic rings. The highest BCUT2D eigenvalue weighted by Crippen LogP contribution is 2.20. The van der Waals surface area contributed by atoms with Gasteiger partial charge >= 0.3 is 5.69 Å². The van der Waals surface area contributed by atoms with Crippen LogP contribution >= 0.6 is 0 Å². The molecule has 2 aromatic heterocycles. The number of aryl methyl sites for hydroxylation is 1. The highest BCUT2D eigenvalue weighted by Gasteiger charge is 2.21. The molecule has 0 fully saturated rings.